The van der Waals surface area contributed by atoms with Gasteiger partial charge in [0.25, 0.3) is 5.91 Å². The van der Waals surface area contributed by atoms with Crippen LogP contribution in [0.15, 0.2) is 24.3 Å². The Kier molecular flexibility index (Phi) is 4.59. The number of hydrogen-bond donors (Lipinski definition) is 1. The fraction of sp³-hybridized carbons (Fsp3) is 0.500. The molecule has 0 radical (unpaired) electrons. The Morgan fingerprint density at radius 1 is 1.39 bits per heavy atom. The van der Waals surface area contributed by atoms with Gasteiger partial charge in [-0.15, -0.1) is 0 Å². The summed E-state index contributed by atoms with van der Waals surface area (Å²) in [5.74, 6) is 0.872. The molecule has 0 atom stereocenters. The van der Waals surface area contributed by atoms with Crippen LogP contribution in [0, 0.1) is 0 Å². The zero-order chi connectivity index (χ0) is 12.8. The molecule has 2 rings (SSSR count). The summed E-state index contributed by atoms with van der Waals surface area (Å²) in [5, 5.41) is 2.23. The summed E-state index contributed by atoms with van der Waals surface area (Å²) in [4.78, 5) is 13.8. The van der Waals surface area contributed by atoms with Gasteiger partial charge in [0.15, 0.2) is 6.61 Å². The fourth-order valence-corrected chi connectivity index (χ4v) is 2.09. The lowest BCUT2D eigenvalue weighted by atomic mass is 10.2. The standard InChI is InChI=1S/C14H20N2O2/c1-2-12-4-3-5-13(10-12)18-11-14(17)16-8-6-15-7-9-16/h3-5,10,15H,2,6-9,11H2,1H3/p+1. The van der Waals surface area contributed by atoms with Crippen LogP contribution in [0.4, 0.5) is 0 Å². The van der Waals surface area contributed by atoms with Gasteiger partial charge < -0.3 is 15.0 Å². The monoisotopic (exact) mass is 249 g/mol. The Labute approximate surface area is 108 Å². The van der Waals surface area contributed by atoms with E-state index in [4.69, 9.17) is 4.74 Å². The van der Waals surface area contributed by atoms with E-state index < -0.39 is 0 Å². The first-order valence-corrected chi connectivity index (χ1v) is 6.61. The molecule has 0 spiro atoms. The number of carbonyl (C=O) groups is 1. The highest BCUT2D eigenvalue weighted by atomic mass is 16.5. The van der Waals surface area contributed by atoms with Crippen molar-refractivity contribution in [1.29, 1.82) is 0 Å². The van der Waals surface area contributed by atoms with Crippen molar-refractivity contribution < 1.29 is 14.8 Å². The lowest BCUT2D eigenvalue weighted by Crippen LogP contribution is -2.90. The number of amides is 1. The lowest BCUT2D eigenvalue weighted by Gasteiger charge is -2.25. The Morgan fingerprint density at radius 2 is 2.17 bits per heavy atom. The minimum Gasteiger partial charge on any atom is -0.484 e. The van der Waals surface area contributed by atoms with E-state index in [0.29, 0.717) is 0 Å². The summed E-state index contributed by atoms with van der Waals surface area (Å²) in [5.41, 5.74) is 1.23. The molecule has 0 bridgehead atoms. The molecule has 0 unspecified atom stereocenters. The van der Waals surface area contributed by atoms with Crippen LogP contribution in [-0.4, -0.2) is 43.6 Å². The van der Waals surface area contributed by atoms with Gasteiger partial charge in [-0.25, -0.2) is 0 Å². The average Bonchev–Trinajstić information content (AvgIpc) is 2.46. The minimum atomic E-state index is 0.0880. The quantitative estimate of drug-likeness (QED) is 0.818. The summed E-state index contributed by atoms with van der Waals surface area (Å²) in [7, 11) is 0. The average molecular weight is 249 g/mol. The van der Waals surface area contributed by atoms with E-state index in [2.05, 4.69) is 18.3 Å². The number of rotatable bonds is 4. The van der Waals surface area contributed by atoms with Gasteiger partial charge in [-0.3, -0.25) is 4.79 Å². The number of aryl methyl sites for hydroxylation is 1. The molecule has 4 nitrogen and oxygen atoms in total. The first-order chi connectivity index (χ1) is 8.79. The summed E-state index contributed by atoms with van der Waals surface area (Å²) < 4.78 is 5.56. The van der Waals surface area contributed by atoms with E-state index in [1.165, 1.54) is 5.56 Å². The Balaban J connectivity index is 1.84. The molecule has 1 amide bonds. The van der Waals surface area contributed by atoms with E-state index in [1.807, 2.05) is 23.1 Å². The Hall–Kier alpha value is -1.55. The van der Waals surface area contributed by atoms with Crippen molar-refractivity contribution in [3.8, 4) is 5.75 Å². The fourth-order valence-electron chi connectivity index (χ4n) is 2.09. The Bertz CT molecular complexity index is 401. The molecule has 0 aromatic heterocycles. The zero-order valence-corrected chi connectivity index (χ0v) is 10.9. The van der Waals surface area contributed by atoms with Crippen molar-refractivity contribution in [1.82, 2.24) is 4.90 Å². The van der Waals surface area contributed by atoms with Crippen LogP contribution in [0.25, 0.3) is 0 Å². The second kappa shape index (κ2) is 6.40. The summed E-state index contributed by atoms with van der Waals surface area (Å²) in [6.07, 6.45) is 0.979. The van der Waals surface area contributed by atoms with Crippen molar-refractivity contribution in [3.63, 3.8) is 0 Å². The summed E-state index contributed by atoms with van der Waals surface area (Å²) in [6, 6.07) is 7.93. The molecule has 0 aliphatic carbocycles. The molecule has 1 heterocycles. The summed E-state index contributed by atoms with van der Waals surface area (Å²) in [6.45, 7) is 5.91. The smallest absolute Gasteiger partial charge is 0.260 e. The summed E-state index contributed by atoms with van der Waals surface area (Å²) >= 11 is 0. The van der Waals surface area contributed by atoms with E-state index in [9.17, 15) is 4.79 Å². The van der Waals surface area contributed by atoms with Crippen molar-refractivity contribution >= 4 is 5.91 Å². The van der Waals surface area contributed by atoms with Crippen molar-refractivity contribution in [3.05, 3.63) is 29.8 Å². The molecule has 1 fully saturated rings. The second-order valence-corrected chi connectivity index (χ2v) is 4.54. The van der Waals surface area contributed by atoms with E-state index in [-0.39, 0.29) is 12.5 Å². The Morgan fingerprint density at radius 3 is 2.89 bits per heavy atom. The van der Waals surface area contributed by atoms with Crippen molar-refractivity contribution in [2.24, 2.45) is 0 Å². The highest BCUT2D eigenvalue weighted by Crippen LogP contribution is 2.13. The highest BCUT2D eigenvalue weighted by molar-refractivity contribution is 5.77. The molecule has 1 aromatic rings. The van der Waals surface area contributed by atoms with Gasteiger partial charge in [0, 0.05) is 0 Å². The maximum absolute atomic E-state index is 11.9. The topological polar surface area (TPSA) is 46.1 Å². The number of piperazine rings is 1. The number of hydrogen-bond acceptors (Lipinski definition) is 2. The maximum atomic E-state index is 11.9. The van der Waals surface area contributed by atoms with Gasteiger partial charge in [-0.05, 0) is 24.1 Å². The largest absolute Gasteiger partial charge is 0.484 e. The number of carbonyl (C=O) groups excluding carboxylic acids is 1. The molecule has 1 aromatic carbocycles. The molecular weight excluding hydrogens is 228 g/mol. The predicted molar refractivity (Wildman–Crippen MR) is 69.6 cm³/mol. The highest BCUT2D eigenvalue weighted by Gasteiger charge is 2.18. The van der Waals surface area contributed by atoms with Crippen LogP contribution in [0.5, 0.6) is 5.75 Å². The van der Waals surface area contributed by atoms with Crippen LogP contribution in [0.2, 0.25) is 0 Å². The third-order valence-corrected chi connectivity index (χ3v) is 3.23. The minimum absolute atomic E-state index is 0.0880. The third-order valence-electron chi connectivity index (χ3n) is 3.23. The van der Waals surface area contributed by atoms with E-state index in [1.54, 1.807) is 0 Å². The van der Waals surface area contributed by atoms with E-state index in [0.717, 1.165) is 38.3 Å². The van der Waals surface area contributed by atoms with Gasteiger partial charge in [-0.2, -0.15) is 0 Å². The molecule has 1 aliphatic rings. The maximum Gasteiger partial charge on any atom is 0.260 e. The van der Waals surface area contributed by atoms with Gasteiger partial charge >= 0.3 is 0 Å². The van der Waals surface area contributed by atoms with Gasteiger partial charge in [0.05, 0.1) is 26.2 Å². The molecule has 4 heteroatoms. The van der Waals surface area contributed by atoms with Crippen LogP contribution in [0.3, 0.4) is 0 Å². The molecule has 0 saturated carbocycles. The lowest BCUT2D eigenvalue weighted by molar-refractivity contribution is -0.662. The number of nitrogens with zero attached hydrogens (tertiary/aromatic N) is 1. The first-order valence-electron chi connectivity index (χ1n) is 6.61. The predicted octanol–water partition coefficient (Wildman–Crippen LogP) is 0.0334. The van der Waals surface area contributed by atoms with Crippen molar-refractivity contribution in [2.45, 2.75) is 13.3 Å². The van der Waals surface area contributed by atoms with Crippen LogP contribution in [0.1, 0.15) is 12.5 Å². The van der Waals surface area contributed by atoms with Gasteiger partial charge in [-0.1, -0.05) is 19.1 Å². The number of quaternary nitrogens is 1. The van der Waals surface area contributed by atoms with Crippen LogP contribution in [-0.2, 0) is 11.2 Å². The molecule has 1 saturated heterocycles. The zero-order valence-electron chi connectivity index (χ0n) is 10.9. The van der Waals surface area contributed by atoms with Crippen LogP contribution >= 0.6 is 0 Å². The van der Waals surface area contributed by atoms with Crippen molar-refractivity contribution in [2.75, 3.05) is 32.8 Å². The third kappa shape index (κ3) is 3.47. The van der Waals surface area contributed by atoms with Crippen LogP contribution < -0.4 is 10.1 Å². The molecular formula is C14H21N2O2+. The number of benzene rings is 1. The second-order valence-electron chi connectivity index (χ2n) is 4.54. The van der Waals surface area contributed by atoms with Gasteiger partial charge in [0.2, 0.25) is 0 Å². The SMILES string of the molecule is CCc1cccc(OCC(=O)N2CC[NH2+]CC2)c1. The van der Waals surface area contributed by atoms with E-state index >= 15 is 0 Å². The number of ether oxygens (including phenoxy) is 1. The number of nitrogens with two attached hydrogens (primary N) is 1. The first kappa shape index (κ1) is 12.9. The molecule has 1 aliphatic heterocycles. The normalized spacial score (nSPS) is 15.5. The molecule has 2 N–H and O–H groups in total. The molecule has 18 heavy (non-hydrogen) atoms. The van der Waals surface area contributed by atoms with Gasteiger partial charge in [0.1, 0.15) is 5.75 Å². The molecule has 98 valence electrons.